The number of aromatic nitrogens is 1. The molecule has 82 valence electrons. The minimum absolute atomic E-state index is 0.207. The van der Waals surface area contributed by atoms with Gasteiger partial charge in [-0.25, -0.2) is 10.8 Å². The molecule has 3 N–H and O–H groups in total. The lowest BCUT2D eigenvalue weighted by molar-refractivity contribution is -0.385. The molecule has 0 aliphatic carbocycles. The number of ether oxygens (including phenoxy) is 1. The molecule has 0 radical (unpaired) electrons. The number of anilines is 1. The van der Waals surface area contributed by atoms with Crippen LogP contribution in [0.2, 0.25) is 0 Å². The minimum Gasteiger partial charge on any atom is -0.431 e. The van der Waals surface area contributed by atoms with Gasteiger partial charge < -0.3 is 10.2 Å². The smallest absolute Gasteiger partial charge is 0.387 e. The number of alkyl halides is 2. The number of nitrogens with two attached hydrogens (primary N) is 1. The Bertz CT molecular complexity index is 373. The van der Waals surface area contributed by atoms with Crippen molar-refractivity contribution in [2.24, 2.45) is 5.84 Å². The largest absolute Gasteiger partial charge is 0.431 e. The van der Waals surface area contributed by atoms with Crippen molar-refractivity contribution >= 4 is 11.5 Å². The van der Waals surface area contributed by atoms with E-state index in [2.05, 4.69) is 9.72 Å². The van der Waals surface area contributed by atoms with Gasteiger partial charge in [-0.3, -0.25) is 10.1 Å². The lowest BCUT2D eigenvalue weighted by Crippen LogP contribution is -2.12. The van der Waals surface area contributed by atoms with Crippen LogP contribution in [0, 0.1) is 10.1 Å². The molecular weight excluding hydrogens is 214 g/mol. The molecule has 9 heteroatoms. The molecule has 0 fully saturated rings. The monoisotopic (exact) mass is 220 g/mol. The highest BCUT2D eigenvalue weighted by atomic mass is 19.3. The fraction of sp³-hybridized carbons (Fsp3) is 0.167. The van der Waals surface area contributed by atoms with E-state index in [0.29, 0.717) is 0 Å². The van der Waals surface area contributed by atoms with Crippen molar-refractivity contribution in [3.8, 4) is 5.75 Å². The minimum atomic E-state index is -3.11. The van der Waals surface area contributed by atoms with Gasteiger partial charge in [-0.15, -0.1) is 0 Å². The molecule has 0 unspecified atom stereocenters. The summed E-state index contributed by atoms with van der Waals surface area (Å²) in [7, 11) is 0. The highest BCUT2D eigenvalue weighted by molar-refractivity contribution is 5.53. The molecule has 0 aliphatic heterocycles. The third kappa shape index (κ3) is 2.71. The van der Waals surface area contributed by atoms with Crippen LogP contribution >= 0.6 is 0 Å². The molecule has 0 aromatic carbocycles. The van der Waals surface area contributed by atoms with Crippen LogP contribution in [0.4, 0.5) is 20.3 Å². The SMILES string of the molecule is NNc1ncc([N+](=O)[O-])cc1OC(F)F. The van der Waals surface area contributed by atoms with Crippen LogP contribution in [0.5, 0.6) is 5.75 Å². The number of nitro groups is 1. The summed E-state index contributed by atoms with van der Waals surface area (Å²) in [5.74, 6) is 4.25. The normalized spacial score (nSPS) is 10.1. The molecule has 1 aromatic heterocycles. The number of hydrogen-bond acceptors (Lipinski definition) is 6. The molecule has 0 aliphatic rings. The van der Waals surface area contributed by atoms with Gasteiger partial charge in [-0.1, -0.05) is 0 Å². The van der Waals surface area contributed by atoms with Gasteiger partial charge in [0.05, 0.1) is 11.0 Å². The summed E-state index contributed by atoms with van der Waals surface area (Å²) in [5, 5.41) is 10.3. The summed E-state index contributed by atoms with van der Waals surface area (Å²) in [6, 6.07) is 0.800. The molecule has 15 heavy (non-hydrogen) atoms. The Morgan fingerprint density at radius 2 is 2.33 bits per heavy atom. The lowest BCUT2D eigenvalue weighted by Gasteiger charge is -2.07. The maximum absolute atomic E-state index is 11.9. The topological polar surface area (TPSA) is 103 Å². The van der Waals surface area contributed by atoms with Crippen LogP contribution in [0.15, 0.2) is 12.3 Å². The number of pyridine rings is 1. The average Bonchev–Trinajstić information content (AvgIpc) is 2.16. The second kappa shape index (κ2) is 4.46. The van der Waals surface area contributed by atoms with Crippen molar-refractivity contribution in [2.45, 2.75) is 6.61 Å². The third-order valence-electron chi connectivity index (χ3n) is 1.40. The van der Waals surface area contributed by atoms with Crippen LogP contribution in [0.1, 0.15) is 0 Å². The van der Waals surface area contributed by atoms with Gasteiger partial charge >= 0.3 is 6.61 Å². The quantitative estimate of drug-likeness (QED) is 0.443. The fourth-order valence-electron chi connectivity index (χ4n) is 0.828. The highest BCUT2D eigenvalue weighted by Crippen LogP contribution is 2.27. The van der Waals surface area contributed by atoms with E-state index < -0.39 is 23.0 Å². The molecule has 1 aromatic rings. The van der Waals surface area contributed by atoms with Crippen molar-refractivity contribution in [3.63, 3.8) is 0 Å². The third-order valence-corrected chi connectivity index (χ3v) is 1.40. The number of nitrogen functional groups attached to an aromatic ring is 1. The van der Waals surface area contributed by atoms with Crippen molar-refractivity contribution in [1.29, 1.82) is 0 Å². The van der Waals surface area contributed by atoms with Crippen LogP contribution in [-0.2, 0) is 0 Å². The molecule has 1 rings (SSSR count). The van der Waals surface area contributed by atoms with Gasteiger partial charge in [-0.2, -0.15) is 8.78 Å². The average molecular weight is 220 g/mol. The standard InChI is InChI=1S/C6H6F2N4O3/c7-6(8)15-4-1-3(12(13)14)2-10-5(4)11-9/h1-2,6H,9H2,(H,10,11). The van der Waals surface area contributed by atoms with E-state index in [1.54, 1.807) is 0 Å². The first kappa shape index (κ1) is 11.0. The van der Waals surface area contributed by atoms with E-state index in [0.717, 1.165) is 12.3 Å². The van der Waals surface area contributed by atoms with Gasteiger partial charge in [0, 0.05) is 0 Å². The molecule has 0 saturated carbocycles. The summed E-state index contributed by atoms with van der Waals surface area (Å²) in [4.78, 5) is 13.0. The lowest BCUT2D eigenvalue weighted by atomic mass is 10.4. The molecule has 0 saturated heterocycles. The molecular formula is C6H6F2N4O3. The van der Waals surface area contributed by atoms with E-state index in [9.17, 15) is 18.9 Å². The van der Waals surface area contributed by atoms with Gasteiger partial charge in [0.25, 0.3) is 5.69 Å². The van der Waals surface area contributed by atoms with Crippen LogP contribution < -0.4 is 16.0 Å². The Morgan fingerprint density at radius 3 is 2.80 bits per heavy atom. The second-order valence-electron chi connectivity index (χ2n) is 2.32. The maximum Gasteiger partial charge on any atom is 0.387 e. The zero-order valence-corrected chi connectivity index (χ0v) is 7.18. The van der Waals surface area contributed by atoms with E-state index in [1.165, 1.54) is 0 Å². The first-order chi connectivity index (χ1) is 7.04. The Morgan fingerprint density at radius 1 is 1.67 bits per heavy atom. The number of halogens is 2. The van der Waals surface area contributed by atoms with Crippen molar-refractivity contribution in [3.05, 3.63) is 22.4 Å². The number of hydrazine groups is 1. The summed E-state index contributed by atoms with van der Waals surface area (Å²) < 4.78 is 27.7. The van der Waals surface area contributed by atoms with Gasteiger partial charge in [0.15, 0.2) is 11.6 Å². The molecule has 0 bridgehead atoms. The molecule has 0 spiro atoms. The summed E-state index contributed by atoms with van der Waals surface area (Å²) >= 11 is 0. The summed E-state index contributed by atoms with van der Waals surface area (Å²) in [5.41, 5.74) is 1.51. The zero-order chi connectivity index (χ0) is 11.4. The van der Waals surface area contributed by atoms with E-state index >= 15 is 0 Å². The van der Waals surface area contributed by atoms with Crippen molar-refractivity contribution in [2.75, 3.05) is 5.43 Å². The van der Waals surface area contributed by atoms with Crippen LogP contribution in [0.3, 0.4) is 0 Å². The van der Waals surface area contributed by atoms with Crippen molar-refractivity contribution in [1.82, 2.24) is 4.98 Å². The molecule has 0 amide bonds. The first-order valence-electron chi connectivity index (χ1n) is 3.60. The Balaban J connectivity index is 3.07. The van der Waals surface area contributed by atoms with Crippen LogP contribution in [-0.4, -0.2) is 16.5 Å². The number of nitrogens with one attached hydrogen (secondary N) is 1. The van der Waals surface area contributed by atoms with E-state index in [-0.39, 0.29) is 5.82 Å². The van der Waals surface area contributed by atoms with Gasteiger partial charge in [0.2, 0.25) is 0 Å². The number of nitrogens with zero attached hydrogens (tertiary/aromatic N) is 2. The Kier molecular flexibility index (Phi) is 3.29. The van der Waals surface area contributed by atoms with Crippen molar-refractivity contribution < 1.29 is 18.4 Å². The number of rotatable bonds is 4. The predicted molar refractivity (Wildman–Crippen MR) is 45.3 cm³/mol. The van der Waals surface area contributed by atoms with Crippen LogP contribution in [0.25, 0.3) is 0 Å². The fourth-order valence-corrected chi connectivity index (χ4v) is 0.828. The molecule has 1 heterocycles. The Hall–Kier alpha value is -2.03. The molecule has 0 atom stereocenters. The molecule has 7 nitrogen and oxygen atoms in total. The second-order valence-corrected chi connectivity index (χ2v) is 2.32. The maximum atomic E-state index is 11.9. The Labute approximate surface area is 82.0 Å². The highest BCUT2D eigenvalue weighted by Gasteiger charge is 2.15. The van der Waals surface area contributed by atoms with Gasteiger partial charge in [-0.05, 0) is 0 Å². The van der Waals surface area contributed by atoms with E-state index in [1.807, 2.05) is 5.43 Å². The predicted octanol–water partition coefficient (Wildman–Crippen LogP) is 0.877. The summed E-state index contributed by atoms with van der Waals surface area (Å²) in [6.07, 6.45) is 0.869. The van der Waals surface area contributed by atoms with E-state index in [4.69, 9.17) is 5.84 Å². The number of hydrogen-bond donors (Lipinski definition) is 2. The van der Waals surface area contributed by atoms with Gasteiger partial charge in [0.1, 0.15) is 6.20 Å². The zero-order valence-electron chi connectivity index (χ0n) is 7.18. The summed E-state index contributed by atoms with van der Waals surface area (Å²) in [6.45, 7) is -3.11. The first-order valence-corrected chi connectivity index (χ1v) is 3.60.